The topological polar surface area (TPSA) is 76.8 Å². The molecular weight excluding hydrogens is 522 g/mol. The number of sulfonamides is 1. The second-order valence-electron chi connectivity index (χ2n) is 9.57. The zero-order chi connectivity index (χ0) is 28.1. The number of nitrogens with zero attached hydrogens (tertiary/aromatic N) is 1. The van der Waals surface area contributed by atoms with E-state index >= 15 is 0 Å². The highest BCUT2D eigenvalue weighted by atomic mass is 32.2. The van der Waals surface area contributed by atoms with E-state index in [1.807, 2.05) is 84.9 Å². The Morgan fingerprint density at radius 3 is 2.15 bits per heavy atom. The summed E-state index contributed by atoms with van der Waals surface area (Å²) in [5.41, 5.74) is 5.11. The second kappa shape index (κ2) is 11.9. The predicted octanol–water partition coefficient (Wildman–Crippen LogP) is 7.02. The van der Waals surface area contributed by atoms with Crippen LogP contribution in [0.25, 0.3) is 22.1 Å². The molecule has 0 unspecified atom stereocenters. The van der Waals surface area contributed by atoms with Crippen LogP contribution in [-0.2, 0) is 27.7 Å². The molecule has 0 saturated carbocycles. The zero-order valence-electron chi connectivity index (χ0n) is 22.5. The fraction of sp³-hybridized carbons (Fsp3) is 0.182. The van der Waals surface area contributed by atoms with Crippen molar-refractivity contribution in [2.24, 2.45) is 0 Å². The number of ether oxygens (including phenoxy) is 1. The van der Waals surface area contributed by atoms with Gasteiger partial charge >= 0.3 is 5.97 Å². The number of carbonyl (C=O) groups is 1. The first kappa shape index (κ1) is 27.4. The van der Waals surface area contributed by atoms with Gasteiger partial charge < -0.3 is 9.15 Å². The second-order valence-corrected chi connectivity index (χ2v) is 11.5. The maximum atomic E-state index is 14.0. The van der Waals surface area contributed by atoms with Crippen LogP contribution in [-0.4, -0.2) is 31.8 Å². The van der Waals surface area contributed by atoms with Crippen LogP contribution in [0, 0.1) is 6.92 Å². The number of fused-ring (bicyclic) bond motifs is 1. The van der Waals surface area contributed by atoms with E-state index in [2.05, 4.69) is 0 Å². The van der Waals surface area contributed by atoms with Crippen molar-refractivity contribution in [1.82, 2.24) is 4.31 Å². The minimum Gasteiger partial charge on any atom is -0.460 e. The van der Waals surface area contributed by atoms with Crippen LogP contribution in [0.2, 0.25) is 0 Å². The Morgan fingerprint density at radius 1 is 0.825 bits per heavy atom. The van der Waals surface area contributed by atoms with Gasteiger partial charge in [0.15, 0.2) is 0 Å². The van der Waals surface area contributed by atoms with E-state index in [1.165, 1.54) is 10.4 Å². The molecule has 0 spiro atoms. The molecule has 7 heteroatoms. The minimum atomic E-state index is -3.89. The first-order chi connectivity index (χ1) is 19.4. The molecule has 0 N–H and O–H groups in total. The molecule has 4 aromatic carbocycles. The van der Waals surface area contributed by atoms with Crippen LogP contribution in [0.4, 0.5) is 0 Å². The lowest BCUT2D eigenvalue weighted by molar-refractivity contribution is 0.0491. The van der Waals surface area contributed by atoms with Crippen molar-refractivity contribution in [2.75, 3.05) is 13.2 Å². The average molecular weight is 554 g/mol. The van der Waals surface area contributed by atoms with Crippen LogP contribution in [0.3, 0.4) is 0 Å². The molecule has 204 valence electrons. The average Bonchev–Trinajstić information content (AvgIpc) is 3.32. The van der Waals surface area contributed by atoms with Gasteiger partial charge in [-0.25, -0.2) is 13.2 Å². The van der Waals surface area contributed by atoms with Gasteiger partial charge in [0.25, 0.3) is 0 Å². The lowest BCUT2D eigenvalue weighted by Crippen LogP contribution is -2.32. The molecule has 6 nitrogen and oxygen atoms in total. The van der Waals surface area contributed by atoms with Crippen LogP contribution in [0.1, 0.15) is 34.2 Å². The standard InChI is InChI=1S/C33H31NO5S/c1-3-38-33(35)32-24(2)30-22-29(18-19-31(30)39-32)40(36,37)34(21-20-25-10-6-4-7-11-25)23-26-14-16-28(17-15-26)27-12-8-5-9-13-27/h4-19,22H,3,20-21,23H2,1-2H3. The van der Waals surface area contributed by atoms with E-state index < -0.39 is 16.0 Å². The summed E-state index contributed by atoms with van der Waals surface area (Å²) < 4.78 is 40.4. The van der Waals surface area contributed by atoms with Crippen molar-refractivity contribution in [3.05, 3.63) is 126 Å². The Bertz CT molecular complexity index is 1710. The molecule has 0 aliphatic heterocycles. The van der Waals surface area contributed by atoms with Gasteiger partial charge in [-0.3, -0.25) is 0 Å². The number of hydrogen-bond donors (Lipinski definition) is 0. The summed E-state index contributed by atoms with van der Waals surface area (Å²) in [5, 5.41) is 0.569. The van der Waals surface area contributed by atoms with E-state index in [9.17, 15) is 13.2 Å². The van der Waals surface area contributed by atoms with Crippen molar-refractivity contribution >= 4 is 27.0 Å². The minimum absolute atomic E-state index is 0.0887. The quantitative estimate of drug-likeness (QED) is 0.174. The van der Waals surface area contributed by atoms with E-state index in [1.54, 1.807) is 26.0 Å². The number of hydrogen-bond acceptors (Lipinski definition) is 5. The van der Waals surface area contributed by atoms with Crippen LogP contribution in [0.15, 0.2) is 112 Å². The molecule has 0 radical (unpaired) electrons. The number of aryl methyl sites for hydroxylation is 1. The monoisotopic (exact) mass is 553 g/mol. The molecule has 0 bridgehead atoms. The predicted molar refractivity (Wildman–Crippen MR) is 157 cm³/mol. The van der Waals surface area contributed by atoms with Gasteiger partial charge in [0.05, 0.1) is 11.5 Å². The number of carbonyl (C=O) groups excluding carboxylic acids is 1. The largest absolute Gasteiger partial charge is 0.460 e. The molecule has 0 aliphatic carbocycles. The molecule has 0 saturated heterocycles. The lowest BCUT2D eigenvalue weighted by Gasteiger charge is -2.23. The van der Waals surface area contributed by atoms with E-state index in [0.29, 0.717) is 29.5 Å². The van der Waals surface area contributed by atoms with Gasteiger partial charge in [0, 0.05) is 24.0 Å². The van der Waals surface area contributed by atoms with Crippen LogP contribution >= 0.6 is 0 Å². The molecule has 0 fully saturated rings. The summed E-state index contributed by atoms with van der Waals surface area (Å²) in [4.78, 5) is 12.5. The van der Waals surface area contributed by atoms with Gasteiger partial charge in [0.1, 0.15) is 5.58 Å². The summed E-state index contributed by atoms with van der Waals surface area (Å²) in [5.74, 6) is -0.477. The van der Waals surface area contributed by atoms with Crippen molar-refractivity contribution in [3.63, 3.8) is 0 Å². The van der Waals surface area contributed by atoms with Gasteiger partial charge in [0.2, 0.25) is 15.8 Å². The third-order valence-corrected chi connectivity index (χ3v) is 8.76. The normalized spacial score (nSPS) is 11.7. The number of esters is 1. The maximum absolute atomic E-state index is 14.0. The third kappa shape index (κ3) is 5.86. The van der Waals surface area contributed by atoms with Crippen LogP contribution in [0.5, 0.6) is 0 Å². The molecule has 1 aromatic heterocycles. The van der Waals surface area contributed by atoms with Gasteiger partial charge in [-0.1, -0.05) is 84.9 Å². The van der Waals surface area contributed by atoms with Crippen LogP contribution < -0.4 is 0 Å². The SMILES string of the molecule is CCOC(=O)c1oc2ccc(S(=O)(=O)N(CCc3ccccc3)Cc3ccc(-c4ccccc4)cc3)cc2c1C. The summed E-state index contributed by atoms with van der Waals surface area (Å²) in [6.45, 7) is 4.21. The fourth-order valence-electron chi connectivity index (χ4n) is 4.72. The summed E-state index contributed by atoms with van der Waals surface area (Å²) in [6.07, 6.45) is 0.572. The molecule has 1 heterocycles. The molecular formula is C33H31NO5S. The molecule has 0 aliphatic rings. The summed E-state index contributed by atoms with van der Waals surface area (Å²) >= 11 is 0. The van der Waals surface area contributed by atoms with E-state index in [-0.39, 0.29) is 23.8 Å². The first-order valence-corrected chi connectivity index (χ1v) is 14.7. The van der Waals surface area contributed by atoms with Crippen molar-refractivity contribution in [2.45, 2.75) is 31.7 Å². The van der Waals surface area contributed by atoms with Gasteiger partial charge in [-0.2, -0.15) is 4.31 Å². The summed E-state index contributed by atoms with van der Waals surface area (Å²) in [7, 11) is -3.89. The number of furan rings is 1. The maximum Gasteiger partial charge on any atom is 0.374 e. The molecule has 0 amide bonds. The zero-order valence-corrected chi connectivity index (χ0v) is 23.4. The third-order valence-electron chi connectivity index (χ3n) is 6.92. The Hall–Kier alpha value is -4.20. The fourth-order valence-corrected chi connectivity index (χ4v) is 6.18. The van der Waals surface area contributed by atoms with E-state index in [0.717, 1.165) is 22.3 Å². The summed E-state index contributed by atoms with van der Waals surface area (Å²) in [6, 6.07) is 32.6. The molecule has 5 aromatic rings. The smallest absolute Gasteiger partial charge is 0.374 e. The van der Waals surface area contributed by atoms with E-state index in [4.69, 9.17) is 9.15 Å². The van der Waals surface area contributed by atoms with Crippen molar-refractivity contribution in [1.29, 1.82) is 0 Å². The van der Waals surface area contributed by atoms with Gasteiger partial charge in [-0.05, 0) is 60.7 Å². The molecule has 0 atom stereocenters. The Balaban J connectivity index is 1.47. The Morgan fingerprint density at radius 2 is 1.48 bits per heavy atom. The number of benzene rings is 4. The molecule has 40 heavy (non-hydrogen) atoms. The first-order valence-electron chi connectivity index (χ1n) is 13.3. The Kier molecular flexibility index (Phi) is 8.14. The highest BCUT2D eigenvalue weighted by Gasteiger charge is 2.27. The Labute approximate surface area is 234 Å². The highest BCUT2D eigenvalue weighted by Crippen LogP contribution is 2.30. The van der Waals surface area contributed by atoms with Crippen molar-refractivity contribution < 1.29 is 22.4 Å². The lowest BCUT2D eigenvalue weighted by atomic mass is 10.0. The van der Waals surface area contributed by atoms with Crippen molar-refractivity contribution in [3.8, 4) is 11.1 Å². The number of rotatable bonds is 10. The van der Waals surface area contributed by atoms with Gasteiger partial charge in [-0.15, -0.1) is 0 Å². The molecule has 5 rings (SSSR count). The highest BCUT2D eigenvalue weighted by molar-refractivity contribution is 7.89.